The van der Waals surface area contributed by atoms with Crippen LogP contribution in [0.3, 0.4) is 0 Å². The number of rotatable bonds is 6. The molecule has 0 radical (unpaired) electrons. The van der Waals surface area contributed by atoms with Crippen LogP contribution in [0.5, 0.6) is 11.5 Å². The molecule has 8 heteroatoms. The summed E-state index contributed by atoms with van der Waals surface area (Å²) in [7, 11) is 3.17. The zero-order valence-corrected chi connectivity index (χ0v) is 19.1. The second kappa shape index (κ2) is 9.60. The molecule has 0 aliphatic heterocycles. The number of nitrogens with one attached hydrogen (secondary N) is 1. The van der Waals surface area contributed by atoms with Gasteiger partial charge in [-0.2, -0.15) is 0 Å². The molecule has 33 heavy (non-hydrogen) atoms. The molecule has 0 aliphatic rings. The van der Waals surface area contributed by atoms with Crippen molar-refractivity contribution in [2.45, 2.75) is 26.4 Å². The van der Waals surface area contributed by atoms with E-state index >= 15 is 0 Å². The molecule has 0 saturated heterocycles. The van der Waals surface area contributed by atoms with Crippen LogP contribution in [0.1, 0.15) is 26.3 Å². The van der Waals surface area contributed by atoms with Crippen molar-refractivity contribution >= 4 is 28.9 Å². The molecule has 0 bridgehead atoms. The number of methoxy groups -OCH3 is 2. The summed E-state index contributed by atoms with van der Waals surface area (Å²) in [5.41, 5.74) is 1.07. The first-order chi connectivity index (χ1) is 15.6. The number of hydrogen-bond donors (Lipinski definition) is 2. The van der Waals surface area contributed by atoms with E-state index < -0.39 is 17.7 Å². The Morgan fingerprint density at radius 2 is 1.67 bits per heavy atom. The number of carbonyl (C=O) groups is 2. The van der Waals surface area contributed by atoms with Gasteiger partial charge in [-0.15, -0.1) is 0 Å². The summed E-state index contributed by atoms with van der Waals surface area (Å²) in [6, 6.07) is 10.9. The smallest absolute Gasteiger partial charge is 0.412 e. The zero-order valence-electron chi connectivity index (χ0n) is 19.1. The maximum Gasteiger partial charge on any atom is 0.412 e. The summed E-state index contributed by atoms with van der Waals surface area (Å²) in [5.74, 6) is -0.0319. The lowest BCUT2D eigenvalue weighted by molar-refractivity contribution is -0.133. The summed E-state index contributed by atoms with van der Waals surface area (Å²) in [6.07, 6.45) is 3.81. The van der Waals surface area contributed by atoms with E-state index in [1.54, 1.807) is 53.5 Å². The minimum atomic E-state index is -1.30. The largest absolute Gasteiger partial charge is 0.496 e. The van der Waals surface area contributed by atoms with Gasteiger partial charge in [-0.25, -0.2) is 9.59 Å². The van der Waals surface area contributed by atoms with E-state index in [1.165, 1.54) is 6.08 Å². The first-order valence-electron chi connectivity index (χ1n) is 10.2. The molecule has 2 aromatic carbocycles. The van der Waals surface area contributed by atoms with Crippen molar-refractivity contribution in [2.75, 3.05) is 14.2 Å². The molecule has 1 aromatic heterocycles. The van der Waals surface area contributed by atoms with Gasteiger partial charge in [0.25, 0.3) is 0 Å². The molecule has 3 aromatic rings. The Morgan fingerprint density at radius 1 is 1.00 bits per heavy atom. The van der Waals surface area contributed by atoms with E-state index in [2.05, 4.69) is 10.3 Å². The van der Waals surface area contributed by atoms with Gasteiger partial charge in [0.1, 0.15) is 22.8 Å². The number of nitrogens with zero attached hydrogens (tertiary/aromatic N) is 1. The quantitative estimate of drug-likeness (QED) is 0.516. The highest BCUT2D eigenvalue weighted by Crippen LogP contribution is 2.42. The summed E-state index contributed by atoms with van der Waals surface area (Å²) in [5, 5.41) is 13.4. The van der Waals surface area contributed by atoms with Gasteiger partial charge < -0.3 is 19.3 Å². The number of alkyl carbamates (subject to hydrolysis) is 1. The number of fused-ring (bicyclic) bond motifs is 1. The number of ether oxygens (including phenoxy) is 3. The fourth-order valence-electron chi connectivity index (χ4n) is 3.39. The topological polar surface area (TPSA) is 107 Å². The van der Waals surface area contributed by atoms with Crippen molar-refractivity contribution in [2.24, 2.45) is 0 Å². The van der Waals surface area contributed by atoms with Crippen molar-refractivity contribution < 1.29 is 28.9 Å². The molecule has 0 saturated carbocycles. The first-order valence-corrected chi connectivity index (χ1v) is 10.2. The predicted octanol–water partition coefficient (Wildman–Crippen LogP) is 4.87. The standard InChI is InChI=1S/C25H26N2O6/c1-25(2,3)33-24(30)27-19(23(28)29)13-15-9-10-17(16-11-12-26-14-18(15)16)22-20(31-4)7-6-8-21(22)32-5/h6-14H,1-5H3,(H,27,30)(H,28,29)/b19-13-. The molecule has 0 spiro atoms. The normalized spacial score (nSPS) is 11.7. The number of carboxylic acid groups (broad SMARTS) is 1. The summed E-state index contributed by atoms with van der Waals surface area (Å²) >= 11 is 0. The average Bonchev–Trinajstić information content (AvgIpc) is 2.77. The number of carboxylic acids is 1. The van der Waals surface area contributed by atoms with E-state index in [9.17, 15) is 14.7 Å². The Bertz CT molecular complexity index is 1210. The van der Waals surface area contributed by atoms with Crippen LogP contribution in [0, 0.1) is 0 Å². The Hall–Kier alpha value is -4.07. The monoisotopic (exact) mass is 450 g/mol. The maximum absolute atomic E-state index is 12.1. The van der Waals surface area contributed by atoms with Gasteiger partial charge in [-0.3, -0.25) is 10.3 Å². The molecule has 0 unspecified atom stereocenters. The predicted molar refractivity (Wildman–Crippen MR) is 125 cm³/mol. The number of hydrogen-bond acceptors (Lipinski definition) is 6. The van der Waals surface area contributed by atoms with E-state index in [-0.39, 0.29) is 5.70 Å². The van der Waals surface area contributed by atoms with Crippen LogP contribution in [-0.4, -0.2) is 42.0 Å². The highest BCUT2D eigenvalue weighted by atomic mass is 16.6. The second-order valence-electron chi connectivity index (χ2n) is 8.15. The third kappa shape index (κ3) is 5.41. The van der Waals surface area contributed by atoms with Crippen LogP contribution >= 0.6 is 0 Å². The molecule has 8 nitrogen and oxygen atoms in total. The minimum Gasteiger partial charge on any atom is -0.496 e. The number of aliphatic carboxylic acids is 1. The molecule has 172 valence electrons. The highest BCUT2D eigenvalue weighted by Gasteiger charge is 2.20. The Labute approximate surface area is 191 Å². The van der Waals surface area contributed by atoms with Crippen LogP contribution in [0.25, 0.3) is 28.0 Å². The van der Waals surface area contributed by atoms with Gasteiger partial charge in [0.05, 0.1) is 19.8 Å². The van der Waals surface area contributed by atoms with E-state index in [1.807, 2.05) is 30.3 Å². The van der Waals surface area contributed by atoms with E-state index in [0.29, 0.717) is 22.4 Å². The summed E-state index contributed by atoms with van der Waals surface area (Å²) < 4.78 is 16.3. The van der Waals surface area contributed by atoms with Crippen molar-refractivity contribution in [3.05, 3.63) is 60.1 Å². The molecule has 2 N–H and O–H groups in total. The number of aromatic nitrogens is 1. The van der Waals surface area contributed by atoms with Crippen molar-refractivity contribution in [3.63, 3.8) is 0 Å². The SMILES string of the molecule is COc1cccc(OC)c1-c1ccc(/C=C(\NC(=O)OC(C)(C)C)C(=O)O)c2cnccc12. The molecular formula is C25H26N2O6. The van der Waals surface area contributed by atoms with Crippen LogP contribution in [0.2, 0.25) is 0 Å². The number of pyridine rings is 1. The van der Waals surface area contributed by atoms with Gasteiger partial charge in [-0.1, -0.05) is 18.2 Å². The van der Waals surface area contributed by atoms with Crippen molar-refractivity contribution in [1.82, 2.24) is 10.3 Å². The molecule has 0 fully saturated rings. The first kappa shape index (κ1) is 23.6. The fraction of sp³-hybridized carbons (Fsp3) is 0.240. The molecular weight excluding hydrogens is 424 g/mol. The number of carbonyl (C=O) groups excluding carboxylic acids is 1. The van der Waals surface area contributed by atoms with Crippen LogP contribution in [0.4, 0.5) is 4.79 Å². The van der Waals surface area contributed by atoms with Gasteiger partial charge in [0.15, 0.2) is 0 Å². The lowest BCUT2D eigenvalue weighted by Crippen LogP contribution is -2.34. The third-order valence-electron chi connectivity index (χ3n) is 4.71. The Balaban J connectivity index is 2.15. The molecule has 3 rings (SSSR count). The van der Waals surface area contributed by atoms with Crippen LogP contribution in [0.15, 0.2) is 54.5 Å². The molecule has 0 atom stereocenters. The minimum absolute atomic E-state index is 0.322. The number of benzene rings is 2. The van der Waals surface area contributed by atoms with Crippen molar-refractivity contribution in [1.29, 1.82) is 0 Å². The Morgan fingerprint density at radius 3 is 2.24 bits per heavy atom. The van der Waals surface area contributed by atoms with Gasteiger partial charge in [0.2, 0.25) is 0 Å². The Kier molecular flexibility index (Phi) is 6.86. The zero-order chi connectivity index (χ0) is 24.2. The maximum atomic E-state index is 12.1. The van der Waals surface area contributed by atoms with Crippen molar-refractivity contribution in [3.8, 4) is 22.6 Å². The third-order valence-corrected chi connectivity index (χ3v) is 4.71. The van der Waals surface area contributed by atoms with Gasteiger partial charge in [0, 0.05) is 17.8 Å². The molecule has 0 aliphatic carbocycles. The summed E-state index contributed by atoms with van der Waals surface area (Å²) in [4.78, 5) is 28.1. The highest BCUT2D eigenvalue weighted by molar-refractivity contribution is 6.05. The lowest BCUT2D eigenvalue weighted by Gasteiger charge is -2.20. The molecule has 1 heterocycles. The molecule has 1 amide bonds. The average molecular weight is 450 g/mol. The fourth-order valence-corrected chi connectivity index (χ4v) is 3.39. The number of amides is 1. The van der Waals surface area contributed by atoms with Gasteiger partial charge >= 0.3 is 12.1 Å². The van der Waals surface area contributed by atoms with E-state index in [0.717, 1.165) is 16.5 Å². The summed E-state index contributed by atoms with van der Waals surface area (Å²) in [6.45, 7) is 5.09. The van der Waals surface area contributed by atoms with Gasteiger partial charge in [-0.05, 0) is 61.6 Å². The van der Waals surface area contributed by atoms with Crippen LogP contribution in [-0.2, 0) is 9.53 Å². The van der Waals surface area contributed by atoms with Crippen LogP contribution < -0.4 is 14.8 Å². The van der Waals surface area contributed by atoms with E-state index in [4.69, 9.17) is 14.2 Å². The second-order valence-corrected chi connectivity index (χ2v) is 8.15. The lowest BCUT2D eigenvalue weighted by atomic mass is 9.94.